The van der Waals surface area contributed by atoms with E-state index in [1.807, 2.05) is 61.5 Å². The second-order valence-corrected chi connectivity index (χ2v) is 11.8. The summed E-state index contributed by atoms with van der Waals surface area (Å²) in [5.74, 6) is 0.271. The van der Waals surface area contributed by atoms with E-state index < -0.39 is 37.9 Å². The fourth-order valence-electron chi connectivity index (χ4n) is 4.83. The molecule has 2 aromatic carbocycles. The van der Waals surface area contributed by atoms with E-state index in [0.29, 0.717) is 10.9 Å². The molecule has 3 aromatic heterocycles. The Morgan fingerprint density at radius 3 is 2.69 bits per heavy atom. The smallest absolute Gasteiger partial charge is 0.287 e. The van der Waals surface area contributed by atoms with Crippen molar-refractivity contribution < 1.29 is 28.3 Å². The number of nitrogens with one attached hydrogen (secondary N) is 1. The molecule has 39 heavy (non-hydrogen) atoms. The highest BCUT2D eigenvalue weighted by Gasteiger charge is 2.51. The zero-order chi connectivity index (χ0) is 26.9. The molecule has 0 aliphatic carbocycles. The number of imidazole rings is 2. The second-order valence-electron chi connectivity index (χ2n) is 9.36. The topological polar surface area (TPSA) is 156 Å². The van der Waals surface area contributed by atoms with Crippen molar-refractivity contribution in [3.8, 4) is 11.3 Å². The van der Waals surface area contributed by atoms with Gasteiger partial charge in [0.25, 0.3) is 13.4 Å². The first-order valence-corrected chi connectivity index (χ1v) is 14.4. The number of ether oxygens (including phenoxy) is 1. The highest BCUT2D eigenvalue weighted by Crippen LogP contribution is 2.50. The van der Waals surface area contributed by atoms with Gasteiger partial charge in [0.2, 0.25) is 5.78 Å². The Kier molecular flexibility index (Phi) is 5.79. The third kappa shape index (κ3) is 4.23. The molecule has 5 heterocycles. The van der Waals surface area contributed by atoms with Crippen LogP contribution in [-0.2, 0) is 18.3 Å². The number of rotatable bonds is 4. The van der Waals surface area contributed by atoms with Crippen LogP contribution in [0.1, 0.15) is 11.8 Å². The van der Waals surface area contributed by atoms with Crippen molar-refractivity contribution in [3.05, 3.63) is 76.7 Å². The molecule has 2 fully saturated rings. The van der Waals surface area contributed by atoms with Crippen LogP contribution in [0.2, 0.25) is 0 Å². The Balaban J connectivity index is 1.39. The minimum absolute atomic E-state index is 0.0676. The van der Waals surface area contributed by atoms with Gasteiger partial charge >= 0.3 is 0 Å². The fraction of sp³-hybridized carbons (Fsp3) is 0.240. The lowest BCUT2D eigenvalue weighted by Crippen LogP contribution is -2.41. The van der Waals surface area contributed by atoms with Gasteiger partial charge in [-0.15, -0.1) is 0 Å². The Morgan fingerprint density at radius 2 is 1.92 bits per heavy atom. The number of aromatic nitrogens is 5. The number of fused-ring (bicyclic) bond motifs is 3. The van der Waals surface area contributed by atoms with E-state index in [9.17, 15) is 19.4 Å². The van der Waals surface area contributed by atoms with Crippen LogP contribution in [0.25, 0.3) is 28.2 Å². The van der Waals surface area contributed by atoms with Crippen LogP contribution in [0.3, 0.4) is 0 Å². The van der Waals surface area contributed by atoms with Crippen molar-refractivity contribution in [3.63, 3.8) is 0 Å². The number of nitrogens with zero attached hydrogens (tertiary/aromatic N) is 4. The molecule has 0 saturated carbocycles. The predicted molar refractivity (Wildman–Crippen MR) is 138 cm³/mol. The zero-order valence-corrected chi connectivity index (χ0v) is 22.0. The summed E-state index contributed by atoms with van der Waals surface area (Å²) >= 11 is 1.26. The number of hydrogen-bond acceptors (Lipinski definition) is 10. The number of aromatic amines is 1. The van der Waals surface area contributed by atoms with Gasteiger partial charge in [-0.1, -0.05) is 59.8 Å². The van der Waals surface area contributed by atoms with E-state index >= 15 is 0 Å². The number of aryl methyl sites for hydroxylation is 1. The lowest BCUT2D eigenvalue weighted by Gasteiger charge is -2.34. The van der Waals surface area contributed by atoms with E-state index in [2.05, 4.69) is 9.97 Å². The van der Waals surface area contributed by atoms with E-state index in [1.165, 1.54) is 20.7 Å². The van der Waals surface area contributed by atoms with Crippen LogP contribution in [0, 0.1) is 6.92 Å². The summed E-state index contributed by atoms with van der Waals surface area (Å²) in [5, 5.41) is 11.5. The molecule has 2 aliphatic rings. The molecule has 5 atom stereocenters. The van der Waals surface area contributed by atoms with Crippen LogP contribution >= 0.6 is 19.6 Å². The summed E-state index contributed by atoms with van der Waals surface area (Å²) in [6, 6.07) is 17.2. The number of phosphoric ester groups is 1. The molecule has 2 N–H and O–H groups in total. The molecule has 0 amide bonds. The van der Waals surface area contributed by atoms with E-state index in [0.717, 1.165) is 16.0 Å². The molecule has 2 aliphatic heterocycles. The van der Waals surface area contributed by atoms with Crippen LogP contribution in [0.5, 0.6) is 0 Å². The average molecular weight is 567 g/mol. The molecule has 7 rings (SSSR count). The quantitative estimate of drug-likeness (QED) is 0.310. The van der Waals surface area contributed by atoms with Crippen molar-refractivity contribution in [1.29, 1.82) is 0 Å². The number of aliphatic hydroxyl groups is 1. The lowest BCUT2D eigenvalue weighted by atomic mass is 10.1. The van der Waals surface area contributed by atoms with Crippen LogP contribution < -0.4 is 10.5 Å². The largest absolute Gasteiger partial charge is 0.756 e. The third-order valence-corrected chi connectivity index (χ3v) is 8.69. The monoisotopic (exact) mass is 566 g/mol. The summed E-state index contributed by atoms with van der Waals surface area (Å²) in [7, 11) is -4.58. The normalized spacial score (nSPS) is 26.8. The maximum absolute atomic E-state index is 13.6. The average Bonchev–Trinajstić information content (AvgIpc) is 3.60. The van der Waals surface area contributed by atoms with Crippen molar-refractivity contribution in [2.45, 2.75) is 41.5 Å². The number of hydrogen-bond donors (Lipinski definition) is 2. The highest BCUT2D eigenvalue weighted by atomic mass is 32.2. The Hall–Kier alpha value is -3.29. The standard InChI is InChI=1S/C25H22N5O7PS/c1-13-7-9-15(10-8-13)39-25-27-18-21(30(25)23-19(31)20-17(36-23)12-35-38(33,34)37-20)28-24-26-16(11-29(24)22(18)32)14-5-3-2-4-6-14/h2-11,17,19-20,23,31H,12H2,1H3,(H,26,28)(H,33,34)/p-1/t17?,19?,20-,23-/m1/s1. The van der Waals surface area contributed by atoms with E-state index in [4.69, 9.17) is 18.8 Å². The molecule has 0 radical (unpaired) electrons. The minimum Gasteiger partial charge on any atom is -0.756 e. The fourth-order valence-corrected chi connectivity index (χ4v) is 6.69. The van der Waals surface area contributed by atoms with Crippen LogP contribution in [0.4, 0.5) is 0 Å². The van der Waals surface area contributed by atoms with Gasteiger partial charge in [-0.2, -0.15) is 4.98 Å². The SMILES string of the molecule is Cc1ccc(Sc2nc3c(=O)n4cc(-c5ccccc5)[nH]c4nc3n2[C@@H]2OC3COP(=O)([O-])O[C@H]3C2O)cc1. The Morgan fingerprint density at radius 1 is 1.15 bits per heavy atom. The van der Waals surface area contributed by atoms with Crippen molar-refractivity contribution in [1.82, 2.24) is 23.9 Å². The van der Waals surface area contributed by atoms with Crippen molar-refractivity contribution in [2.24, 2.45) is 0 Å². The maximum Gasteiger partial charge on any atom is 0.287 e. The van der Waals surface area contributed by atoms with Crippen molar-refractivity contribution >= 4 is 36.5 Å². The molecule has 14 heteroatoms. The molecule has 0 spiro atoms. The highest BCUT2D eigenvalue weighted by molar-refractivity contribution is 7.99. The Bertz CT molecular complexity index is 1820. The van der Waals surface area contributed by atoms with Gasteiger partial charge in [-0.25, -0.2) is 9.38 Å². The maximum atomic E-state index is 13.6. The minimum atomic E-state index is -4.58. The second kappa shape index (κ2) is 9.14. The van der Waals surface area contributed by atoms with Gasteiger partial charge in [-0.05, 0) is 24.6 Å². The number of aliphatic hydroxyl groups excluding tert-OH is 1. The van der Waals surface area contributed by atoms with E-state index in [-0.39, 0.29) is 23.5 Å². The molecule has 2 saturated heterocycles. The van der Waals surface area contributed by atoms with Gasteiger partial charge in [-0.3, -0.25) is 13.9 Å². The van der Waals surface area contributed by atoms with Gasteiger partial charge in [0.15, 0.2) is 22.5 Å². The van der Waals surface area contributed by atoms with E-state index in [1.54, 1.807) is 6.20 Å². The third-order valence-electron chi connectivity index (χ3n) is 6.75. The molecule has 0 bridgehead atoms. The first-order chi connectivity index (χ1) is 18.8. The number of phosphoric acid groups is 1. The van der Waals surface area contributed by atoms with Gasteiger partial charge in [0.05, 0.1) is 12.3 Å². The first-order valence-electron chi connectivity index (χ1n) is 12.1. The summed E-state index contributed by atoms with van der Waals surface area (Å²) in [5.41, 5.74) is 2.47. The molecule has 5 aromatic rings. The van der Waals surface area contributed by atoms with Gasteiger partial charge in [0.1, 0.15) is 18.3 Å². The summed E-state index contributed by atoms with van der Waals surface area (Å²) in [4.78, 5) is 38.9. The molecule has 3 unspecified atom stereocenters. The molecular formula is C25H21N5O7PS-. The first kappa shape index (κ1) is 24.7. The number of H-pyrrole nitrogens is 1. The van der Waals surface area contributed by atoms with Crippen LogP contribution in [0.15, 0.2) is 75.6 Å². The van der Waals surface area contributed by atoms with Gasteiger partial charge in [0, 0.05) is 11.1 Å². The zero-order valence-electron chi connectivity index (χ0n) is 20.3. The number of benzene rings is 2. The predicted octanol–water partition coefficient (Wildman–Crippen LogP) is 2.64. The summed E-state index contributed by atoms with van der Waals surface area (Å²) in [6.07, 6.45) is -2.91. The summed E-state index contributed by atoms with van der Waals surface area (Å²) in [6.45, 7) is 1.67. The molecular weight excluding hydrogens is 545 g/mol. The lowest BCUT2D eigenvalue weighted by molar-refractivity contribution is -0.245. The van der Waals surface area contributed by atoms with Crippen molar-refractivity contribution in [2.75, 3.05) is 6.61 Å². The Labute approximate surface area is 224 Å². The van der Waals surface area contributed by atoms with Crippen LogP contribution in [-0.4, -0.2) is 53.9 Å². The summed E-state index contributed by atoms with van der Waals surface area (Å²) < 4.78 is 30.7. The van der Waals surface area contributed by atoms with Gasteiger partial charge < -0.3 is 28.8 Å². The molecule has 12 nitrogen and oxygen atoms in total. The molecule has 200 valence electrons.